The largest absolute Gasteiger partial charge is 0.490 e. The standard InChI is InChI=1S/C31H41ClN2O5S/c1-21-6-5-8-28(35)26-11-9-23(26)18-34-15-4-3-7-24-17-25(32)13-14-31(24,2)20-39-29-12-10-22(16-27(29)34)30(36)33-40(37,38)19-21/h5-6,10,12-14,16-17,21,23-24,26,28,35H,3-4,7-9,11,15,18-20H2,1-2H3,(H,33,36)/b6-5+/t21-,23+,24?,26-,28?,31?/m1/s1. The van der Waals surface area contributed by atoms with Crippen molar-refractivity contribution in [3.63, 3.8) is 0 Å². The van der Waals surface area contributed by atoms with Gasteiger partial charge < -0.3 is 14.7 Å². The van der Waals surface area contributed by atoms with Gasteiger partial charge in [-0.2, -0.15) is 0 Å². The van der Waals surface area contributed by atoms with E-state index in [-0.39, 0.29) is 34.5 Å². The Bertz CT molecular complexity index is 1310. The Hall–Kier alpha value is -2.29. The lowest BCUT2D eigenvalue weighted by molar-refractivity contribution is 0.0180. The van der Waals surface area contributed by atoms with Crippen LogP contribution >= 0.6 is 11.6 Å². The van der Waals surface area contributed by atoms with Crippen molar-refractivity contribution in [3.8, 4) is 5.75 Å². The predicted molar refractivity (Wildman–Crippen MR) is 159 cm³/mol. The number of allylic oxidation sites excluding steroid dienone is 4. The topological polar surface area (TPSA) is 95.9 Å². The van der Waals surface area contributed by atoms with E-state index in [4.69, 9.17) is 16.3 Å². The highest BCUT2D eigenvalue weighted by molar-refractivity contribution is 7.90. The first-order valence-electron chi connectivity index (χ1n) is 14.5. The SMILES string of the molecule is C[C@@H]1/C=C/CC(O)[C@@H]2CC[C@H]2CN2CCCCC3C=C(Cl)C=CC3(C)COc3ccc(cc32)C(=O)NS(=O)(=O)C1. The van der Waals surface area contributed by atoms with Gasteiger partial charge >= 0.3 is 0 Å². The summed E-state index contributed by atoms with van der Waals surface area (Å²) < 4.78 is 34.3. The van der Waals surface area contributed by atoms with Crippen molar-refractivity contribution in [3.05, 3.63) is 59.2 Å². The van der Waals surface area contributed by atoms with Gasteiger partial charge in [0.2, 0.25) is 10.0 Å². The molecule has 3 unspecified atom stereocenters. The quantitative estimate of drug-likeness (QED) is 0.393. The molecule has 0 spiro atoms. The summed E-state index contributed by atoms with van der Waals surface area (Å²) in [5.74, 6) is 0.306. The minimum atomic E-state index is -3.85. The second-order valence-electron chi connectivity index (χ2n) is 12.3. The van der Waals surface area contributed by atoms with Gasteiger partial charge in [0.1, 0.15) is 5.75 Å². The van der Waals surface area contributed by atoms with Gasteiger partial charge in [-0.1, -0.05) is 56.2 Å². The van der Waals surface area contributed by atoms with Crippen molar-refractivity contribution in [2.45, 2.75) is 58.5 Å². The van der Waals surface area contributed by atoms with Crippen LogP contribution in [0.4, 0.5) is 5.69 Å². The van der Waals surface area contributed by atoms with Crippen LogP contribution in [0.2, 0.25) is 0 Å². The first-order chi connectivity index (χ1) is 19.0. The van der Waals surface area contributed by atoms with Crippen LogP contribution in [0, 0.1) is 29.1 Å². The average molecular weight is 589 g/mol. The summed E-state index contributed by atoms with van der Waals surface area (Å²) in [5, 5.41) is 11.8. The van der Waals surface area contributed by atoms with Crippen molar-refractivity contribution >= 4 is 33.2 Å². The normalized spacial score (nSPS) is 35.4. The van der Waals surface area contributed by atoms with Crippen LogP contribution in [0.25, 0.3) is 0 Å². The molecule has 2 N–H and O–H groups in total. The summed E-state index contributed by atoms with van der Waals surface area (Å²) >= 11 is 6.38. The number of benzene rings is 1. The zero-order valence-corrected chi connectivity index (χ0v) is 25.0. The molecule has 1 amide bonds. The van der Waals surface area contributed by atoms with Crippen molar-refractivity contribution in [2.75, 3.05) is 30.3 Å². The van der Waals surface area contributed by atoms with E-state index < -0.39 is 22.0 Å². The van der Waals surface area contributed by atoms with E-state index in [0.29, 0.717) is 24.7 Å². The molecule has 40 heavy (non-hydrogen) atoms. The monoisotopic (exact) mass is 588 g/mol. The van der Waals surface area contributed by atoms with E-state index in [2.05, 4.69) is 28.7 Å². The maximum Gasteiger partial charge on any atom is 0.264 e. The molecule has 5 rings (SSSR count). The summed E-state index contributed by atoms with van der Waals surface area (Å²) in [4.78, 5) is 15.4. The Labute approximate surface area is 243 Å². The second-order valence-corrected chi connectivity index (χ2v) is 14.5. The third-order valence-corrected chi connectivity index (χ3v) is 10.8. The number of carbonyl (C=O) groups excluding carboxylic acids is 1. The highest BCUT2D eigenvalue weighted by Gasteiger charge is 2.38. The van der Waals surface area contributed by atoms with Gasteiger partial charge in [0.05, 0.1) is 24.2 Å². The van der Waals surface area contributed by atoms with Gasteiger partial charge in [-0.15, -0.1) is 0 Å². The first kappa shape index (κ1) is 29.2. The fraction of sp³-hybridized carbons (Fsp3) is 0.581. The number of hydrogen-bond acceptors (Lipinski definition) is 6. The fourth-order valence-corrected chi connectivity index (χ4v) is 8.02. The van der Waals surface area contributed by atoms with Gasteiger partial charge in [-0.05, 0) is 80.1 Å². The summed E-state index contributed by atoms with van der Waals surface area (Å²) in [7, 11) is -3.85. The minimum Gasteiger partial charge on any atom is -0.490 e. The number of aliphatic hydroxyl groups excluding tert-OH is 1. The number of rotatable bonds is 0. The molecule has 2 bridgehead atoms. The Morgan fingerprint density at radius 3 is 2.80 bits per heavy atom. The van der Waals surface area contributed by atoms with Crippen LogP contribution in [0.15, 0.2) is 53.6 Å². The second kappa shape index (κ2) is 11.9. The zero-order valence-electron chi connectivity index (χ0n) is 23.4. The lowest BCUT2D eigenvalue weighted by Gasteiger charge is -2.43. The predicted octanol–water partition coefficient (Wildman–Crippen LogP) is 5.41. The maximum absolute atomic E-state index is 13.2. The number of fused-ring (bicyclic) bond motifs is 3. The van der Waals surface area contributed by atoms with Crippen LogP contribution in [-0.2, 0) is 10.0 Å². The molecule has 2 heterocycles. The maximum atomic E-state index is 13.2. The van der Waals surface area contributed by atoms with Gasteiger partial charge in [0.15, 0.2) is 0 Å². The summed E-state index contributed by atoms with van der Waals surface area (Å²) in [5.41, 5.74) is 0.847. The van der Waals surface area contributed by atoms with Crippen LogP contribution in [0.5, 0.6) is 5.75 Å². The number of sulfonamides is 1. The van der Waals surface area contributed by atoms with E-state index in [1.54, 1.807) is 25.1 Å². The van der Waals surface area contributed by atoms with E-state index >= 15 is 0 Å². The number of ether oxygens (including phenoxy) is 1. The minimum absolute atomic E-state index is 0.185. The van der Waals surface area contributed by atoms with Crippen molar-refractivity contribution in [1.29, 1.82) is 0 Å². The van der Waals surface area contributed by atoms with Gasteiger partial charge in [0.25, 0.3) is 5.91 Å². The van der Waals surface area contributed by atoms with Crippen LogP contribution in [-0.4, -0.2) is 51.0 Å². The molecule has 9 heteroatoms. The molecule has 2 aliphatic carbocycles. The molecule has 0 aromatic heterocycles. The van der Waals surface area contributed by atoms with Gasteiger partial charge in [-0.25, -0.2) is 13.1 Å². The van der Waals surface area contributed by atoms with Crippen molar-refractivity contribution in [2.24, 2.45) is 29.1 Å². The number of aliphatic hydroxyl groups is 1. The summed E-state index contributed by atoms with van der Waals surface area (Å²) in [6.07, 6.45) is 14.9. The number of halogens is 1. The molecule has 6 atom stereocenters. The number of hydrogen-bond donors (Lipinski definition) is 2. The average Bonchev–Trinajstić information content (AvgIpc) is 2.89. The molecular weight excluding hydrogens is 548 g/mol. The molecule has 1 aromatic rings. The van der Waals surface area contributed by atoms with Gasteiger partial charge in [0, 0.05) is 29.1 Å². The summed E-state index contributed by atoms with van der Waals surface area (Å²) in [6.45, 7) is 5.95. The number of carbonyl (C=O) groups is 1. The van der Waals surface area contributed by atoms with Crippen LogP contribution in [0.3, 0.4) is 0 Å². The number of amides is 1. The number of nitrogens with zero attached hydrogens (tertiary/aromatic N) is 1. The molecule has 218 valence electrons. The number of nitrogens with one attached hydrogen (secondary N) is 1. The third kappa shape index (κ3) is 6.60. The zero-order chi connectivity index (χ0) is 28.5. The highest BCUT2D eigenvalue weighted by atomic mass is 35.5. The Morgan fingerprint density at radius 1 is 1.20 bits per heavy atom. The van der Waals surface area contributed by atoms with E-state index in [9.17, 15) is 18.3 Å². The first-order valence-corrected chi connectivity index (χ1v) is 16.5. The van der Waals surface area contributed by atoms with E-state index in [0.717, 1.165) is 55.9 Å². The van der Waals surface area contributed by atoms with E-state index in [1.165, 1.54) is 0 Å². The molecule has 1 saturated carbocycles. The lowest BCUT2D eigenvalue weighted by Crippen LogP contribution is -2.43. The fourth-order valence-electron chi connectivity index (χ4n) is 6.52. The Kier molecular flexibility index (Phi) is 8.69. The van der Waals surface area contributed by atoms with E-state index in [1.807, 2.05) is 18.2 Å². The Balaban J connectivity index is 1.52. The molecule has 1 fully saturated rings. The van der Waals surface area contributed by atoms with Crippen LogP contribution < -0.4 is 14.4 Å². The van der Waals surface area contributed by atoms with Crippen molar-refractivity contribution in [1.82, 2.24) is 4.72 Å². The number of anilines is 1. The van der Waals surface area contributed by atoms with Crippen molar-refractivity contribution < 1.29 is 23.1 Å². The highest BCUT2D eigenvalue weighted by Crippen LogP contribution is 2.43. The van der Waals surface area contributed by atoms with Crippen LogP contribution in [0.1, 0.15) is 62.7 Å². The molecular formula is C31H41ClN2O5S. The Morgan fingerprint density at radius 2 is 2.02 bits per heavy atom. The van der Waals surface area contributed by atoms with Gasteiger partial charge in [-0.3, -0.25) is 4.79 Å². The third-order valence-electron chi connectivity index (χ3n) is 9.12. The molecule has 0 saturated heterocycles. The summed E-state index contributed by atoms with van der Waals surface area (Å²) in [6, 6.07) is 5.19. The molecule has 2 aliphatic heterocycles. The lowest BCUT2D eigenvalue weighted by atomic mass is 9.69. The molecule has 1 aromatic carbocycles. The smallest absolute Gasteiger partial charge is 0.264 e. The molecule has 0 radical (unpaired) electrons. The molecule has 4 aliphatic rings. The molecule has 7 nitrogen and oxygen atoms in total.